The Balaban J connectivity index is 1.81. The molecule has 0 aromatic heterocycles. The summed E-state index contributed by atoms with van der Waals surface area (Å²) in [5.74, 6) is 0. The second-order valence-corrected chi connectivity index (χ2v) is 8.59. The van der Waals surface area contributed by atoms with E-state index in [1.54, 1.807) is 0 Å². The van der Waals surface area contributed by atoms with Crippen molar-refractivity contribution < 1.29 is 9.18 Å². The van der Waals surface area contributed by atoms with Crippen molar-refractivity contribution in [3.05, 3.63) is 101 Å². The van der Waals surface area contributed by atoms with Gasteiger partial charge >= 0.3 is 0 Å². The molecule has 1 atom stereocenters. The average molecular weight is 417 g/mol. The molecular formula is C27H29FN2O. The Morgan fingerprint density at radius 2 is 1.48 bits per heavy atom. The topological polar surface area (TPSA) is 23.6 Å². The Morgan fingerprint density at radius 1 is 0.903 bits per heavy atom. The highest BCUT2D eigenvalue weighted by Gasteiger charge is 2.45. The van der Waals surface area contributed by atoms with Crippen molar-refractivity contribution in [1.29, 1.82) is 0 Å². The first kappa shape index (κ1) is 21.3. The van der Waals surface area contributed by atoms with Crippen molar-refractivity contribution >= 4 is 12.0 Å². The van der Waals surface area contributed by atoms with Gasteiger partial charge in [0.05, 0.1) is 6.04 Å². The predicted molar refractivity (Wildman–Crippen MR) is 124 cm³/mol. The van der Waals surface area contributed by atoms with Gasteiger partial charge in [-0.05, 0) is 36.6 Å². The lowest BCUT2D eigenvalue weighted by atomic mass is 9.92. The van der Waals surface area contributed by atoms with Crippen LogP contribution in [0.3, 0.4) is 0 Å². The highest BCUT2D eigenvalue weighted by molar-refractivity contribution is 5.74. The zero-order chi connectivity index (χ0) is 21.8. The van der Waals surface area contributed by atoms with E-state index in [2.05, 4.69) is 61.2 Å². The van der Waals surface area contributed by atoms with Crippen molar-refractivity contribution in [3.63, 3.8) is 0 Å². The predicted octanol–water partition coefficient (Wildman–Crippen LogP) is 5.65. The van der Waals surface area contributed by atoms with Crippen molar-refractivity contribution in [2.24, 2.45) is 0 Å². The van der Waals surface area contributed by atoms with Crippen LogP contribution in [-0.4, -0.2) is 24.4 Å². The quantitative estimate of drug-likeness (QED) is 0.443. The molecule has 1 aliphatic heterocycles. The summed E-state index contributed by atoms with van der Waals surface area (Å²) < 4.78 is 13.4. The number of hydrogen-bond acceptors (Lipinski definition) is 3. The molecule has 0 N–H and O–H groups in total. The van der Waals surface area contributed by atoms with E-state index in [4.69, 9.17) is 0 Å². The molecular weight excluding hydrogens is 387 g/mol. The fraction of sp³-hybridized carbons (Fsp3) is 0.296. The maximum atomic E-state index is 13.4. The Labute approximate surface area is 184 Å². The third-order valence-electron chi connectivity index (χ3n) is 6.32. The van der Waals surface area contributed by atoms with Gasteiger partial charge in [-0.15, -0.1) is 0 Å². The summed E-state index contributed by atoms with van der Waals surface area (Å²) in [6.07, 6.45) is 0.968. The fourth-order valence-electron chi connectivity index (χ4n) is 4.82. The smallest absolute Gasteiger partial charge is 0.141 e. The van der Waals surface area contributed by atoms with Crippen molar-refractivity contribution in [2.75, 3.05) is 18.1 Å². The van der Waals surface area contributed by atoms with Crippen LogP contribution in [0.2, 0.25) is 0 Å². The molecule has 1 aliphatic rings. The van der Waals surface area contributed by atoms with E-state index < -0.39 is 18.3 Å². The number of aldehydes is 1. The lowest BCUT2D eigenvalue weighted by Crippen LogP contribution is -2.39. The van der Waals surface area contributed by atoms with Gasteiger partial charge in [0.25, 0.3) is 0 Å². The number of carbonyl (C=O) groups is 1. The second kappa shape index (κ2) is 9.03. The highest BCUT2D eigenvalue weighted by atomic mass is 19.1. The monoisotopic (exact) mass is 416 g/mol. The van der Waals surface area contributed by atoms with Crippen LogP contribution >= 0.6 is 0 Å². The highest BCUT2D eigenvalue weighted by Crippen LogP contribution is 2.49. The minimum Gasteiger partial charge on any atom is -0.363 e. The van der Waals surface area contributed by atoms with Gasteiger partial charge in [-0.2, -0.15) is 0 Å². The van der Waals surface area contributed by atoms with E-state index >= 15 is 0 Å². The zero-order valence-electron chi connectivity index (χ0n) is 18.2. The van der Waals surface area contributed by atoms with Gasteiger partial charge in [-0.1, -0.05) is 72.8 Å². The molecule has 0 aliphatic carbocycles. The molecule has 3 aromatic carbocycles. The van der Waals surface area contributed by atoms with Crippen LogP contribution in [0.15, 0.2) is 78.9 Å². The summed E-state index contributed by atoms with van der Waals surface area (Å²) in [4.78, 5) is 16.6. The molecule has 1 heterocycles. The maximum Gasteiger partial charge on any atom is 0.141 e. The van der Waals surface area contributed by atoms with Crippen molar-refractivity contribution in [1.82, 2.24) is 4.90 Å². The van der Waals surface area contributed by atoms with Crippen LogP contribution in [-0.2, 0) is 23.4 Å². The number of alkyl halides is 1. The number of nitrogens with zero attached hydrogens (tertiary/aromatic N) is 2. The third kappa shape index (κ3) is 4.13. The molecule has 4 heteroatoms. The van der Waals surface area contributed by atoms with E-state index in [-0.39, 0.29) is 6.54 Å². The van der Waals surface area contributed by atoms with E-state index in [1.165, 1.54) is 11.1 Å². The van der Waals surface area contributed by atoms with E-state index in [9.17, 15) is 9.18 Å². The normalized spacial score (nSPS) is 17.3. The molecule has 160 valence electrons. The molecule has 4 rings (SSSR count). The molecule has 3 nitrogen and oxygen atoms in total. The Bertz CT molecular complexity index is 978. The Morgan fingerprint density at radius 3 is 2.00 bits per heavy atom. The van der Waals surface area contributed by atoms with Crippen molar-refractivity contribution in [3.8, 4) is 0 Å². The fourth-order valence-corrected chi connectivity index (χ4v) is 4.82. The van der Waals surface area contributed by atoms with Crippen LogP contribution in [0.25, 0.3) is 0 Å². The Hall–Kier alpha value is -2.98. The SMILES string of the molecule is CC1(C)c2cccc(N(Cc3ccccc3)Cc3ccccc3)c2C(C=O)N1CCF. The standard InChI is InChI=1S/C27H29FN2O/c1-27(2)23-14-9-15-24(26(23)25(20-31)30(27)17-16-28)29(18-21-10-5-3-6-11-21)19-22-12-7-4-8-13-22/h3-15,20,25H,16-19H2,1-2H3. The summed E-state index contributed by atoms with van der Waals surface area (Å²) in [5, 5.41) is 0. The number of halogens is 1. The van der Waals surface area contributed by atoms with Crippen LogP contribution in [0.4, 0.5) is 10.1 Å². The summed E-state index contributed by atoms with van der Waals surface area (Å²) in [7, 11) is 0. The maximum absolute atomic E-state index is 13.4. The number of carbonyl (C=O) groups excluding carboxylic acids is 1. The van der Waals surface area contributed by atoms with E-state index in [1.807, 2.05) is 41.3 Å². The average Bonchev–Trinajstić information content (AvgIpc) is 3.01. The summed E-state index contributed by atoms with van der Waals surface area (Å²) >= 11 is 0. The van der Waals surface area contributed by atoms with Gasteiger partial charge < -0.3 is 9.69 Å². The molecule has 0 radical (unpaired) electrons. The lowest BCUT2D eigenvalue weighted by Gasteiger charge is -2.33. The summed E-state index contributed by atoms with van der Waals surface area (Å²) in [5.41, 5.74) is 5.14. The Kier molecular flexibility index (Phi) is 6.19. The number of hydrogen-bond donors (Lipinski definition) is 0. The second-order valence-electron chi connectivity index (χ2n) is 8.59. The number of anilines is 1. The van der Waals surface area contributed by atoms with Gasteiger partial charge in [0.2, 0.25) is 0 Å². The third-order valence-corrected chi connectivity index (χ3v) is 6.32. The largest absolute Gasteiger partial charge is 0.363 e. The molecule has 0 amide bonds. The van der Waals surface area contributed by atoms with E-state index in [0.29, 0.717) is 0 Å². The molecule has 3 aromatic rings. The van der Waals surface area contributed by atoms with E-state index in [0.717, 1.165) is 36.2 Å². The molecule has 1 unspecified atom stereocenters. The molecule has 0 fully saturated rings. The van der Waals surface area contributed by atoms with Crippen LogP contribution in [0.5, 0.6) is 0 Å². The van der Waals surface area contributed by atoms with Gasteiger partial charge in [-0.25, -0.2) is 4.39 Å². The molecule has 0 saturated carbocycles. The summed E-state index contributed by atoms with van der Waals surface area (Å²) in [6.45, 7) is 5.36. The van der Waals surface area contributed by atoms with Crippen LogP contribution in [0, 0.1) is 0 Å². The van der Waals surface area contributed by atoms with Gasteiger partial charge in [-0.3, -0.25) is 4.90 Å². The van der Waals surface area contributed by atoms with Gasteiger partial charge in [0.1, 0.15) is 13.0 Å². The molecule has 0 spiro atoms. The van der Waals surface area contributed by atoms with Gasteiger partial charge in [0, 0.05) is 36.4 Å². The van der Waals surface area contributed by atoms with Gasteiger partial charge in [0.15, 0.2) is 0 Å². The van der Waals surface area contributed by atoms with Crippen molar-refractivity contribution in [2.45, 2.75) is 38.5 Å². The number of benzene rings is 3. The number of rotatable bonds is 8. The zero-order valence-corrected chi connectivity index (χ0v) is 18.2. The minimum absolute atomic E-state index is 0.238. The molecule has 0 bridgehead atoms. The number of fused-ring (bicyclic) bond motifs is 1. The first-order chi connectivity index (χ1) is 15.1. The first-order valence-corrected chi connectivity index (χ1v) is 10.8. The lowest BCUT2D eigenvalue weighted by molar-refractivity contribution is -0.114. The molecule has 31 heavy (non-hydrogen) atoms. The summed E-state index contributed by atoms with van der Waals surface area (Å²) in [6, 6.07) is 26.5. The molecule has 0 saturated heterocycles. The van der Waals surface area contributed by atoms with Crippen LogP contribution in [0.1, 0.15) is 42.1 Å². The van der Waals surface area contributed by atoms with Crippen LogP contribution < -0.4 is 4.90 Å². The minimum atomic E-state index is -0.477. The first-order valence-electron chi connectivity index (χ1n) is 10.8.